The van der Waals surface area contributed by atoms with E-state index < -0.39 is 5.97 Å². The fraction of sp³-hybridized carbons (Fsp3) is 0.333. The van der Waals surface area contributed by atoms with Crippen molar-refractivity contribution in [3.63, 3.8) is 0 Å². The number of rotatable bonds is 6. The number of anilines is 1. The lowest BCUT2D eigenvalue weighted by Gasteiger charge is -2.09. The molecule has 1 heterocycles. The number of thiophene rings is 1. The van der Waals surface area contributed by atoms with Gasteiger partial charge in [0.25, 0.3) is 0 Å². The van der Waals surface area contributed by atoms with E-state index in [1.165, 1.54) is 18.4 Å². The molecule has 0 unspecified atom stereocenters. The first-order chi connectivity index (χ1) is 11.5. The molecule has 2 aromatic rings. The van der Waals surface area contributed by atoms with Gasteiger partial charge in [-0.25, -0.2) is 4.79 Å². The summed E-state index contributed by atoms with van der Waals surface area (Å²) in [5.74, 6) is -0.0182. The largest absolute Gasteiger partial charge is 0.494 e. The fourth-order valence-corrected chi connectivity index (χ4v) is 3.08. The van der Waals surface area contributed by atoms with Crippen LogP contribution in [0.2, 0.25) is 0 Å². The molecule has 0 spiro atoms. The molecule has 1 amide bonds. The average Bonchev–Trinajstić information content (AvgIpc) is 2.98. The molecule has 1 N–H and O–H groups in total. The van der Waals surface area contributed by atoms with Crippen molar-refractivity contribution in [2.24, 2.45) is 5.92 Å². The SMILES string of the molecule is CCOc1ccc(-c2csc(NC(=O)C(C)C)c2C(=O)OC)cc1. The Morgan fingerprint density at radius 3 is 2.42 bits per heavy atom. The Kier molecular flexibility index (Phi) is 5.98. The summed E-state index contributed by atoms with van der Waals surface area (Å²) in [6, 6.07) is 7.47. The van der Waals surface area contributed by atoms with Crippen LogP contribution in [-0.2, 0) is 9.53 Å². The Bertz CT molecular complexity index is 719. The van der Waals surface area contributed by atoms with Crippen LogP contribution in [-0.4, -0.2) is 25.6 Å². The van der Waals surface area contributed by atoms with Crippen molar-refractivity contribution >= 4 is 28.2 Å². The molecule has 5 nitrogen and oxygen atoms in total. The minimum Gasteiger partial charge on any atom is -0.494 e. The van der Waals surface area contributed by atoms with E-state index in [2.05, 4.69) is 5.32 Å². The smallest absolute Gasteiger partial charge is 0.341 e. The van der Waals surface area contributed by atoms with Crippen molar-refractivity contribution < 1.29 is 19.1 Å². The van der Waals surface area contributed by atoms with Gasteiger partial charge in [0.1, 0.15) is 16.3 Å². The molecule has 24 heavy (non-hydrogen) atoms. The molecule has 0 bridgehead atoms. The molecule has 0 saturated carbocycles. The van der Waals surface area contributed by atoms with Crippen LogP contribution in [0.1, 0.15) is 31.1 Å². The highest BCUT2D eigenvalue weighted by Crippen LogP contribution is 2.37. The van der Waals surface area contributed by atoms with Crippen LogP contribution >= 0.6 is 11.3 Å². The van der Waals surface area contributed by atoms with Gasteiger partial charge in [0.15, 0.2) is 0 Å². The van der Waals surface area contributed by atoms with Gasteiger partial charge in [-0.3, -0.25) is 4.79 Å². The van der Waals surface area contributed by atoms with E-state index in [1.54, 1.807) is 13.8 Å². The van der Waals surface area contributed by atoms with E-state index in [1.807, 2.05) is 36.6 Å². The second-order valence-corrected chi connectivity index (χ2v) is 6.33. The summed E-state index contributed by atoms with van der Waals surface area (Å²) in [5.41, 5.74) is 1.97. The monoisotopic (exact) mass is 347 g/mol. The molecule has 0 aliphatic carbocycles. The number of hydrogen-bond acceptors (Lipinski definition) is 5. The maximum absolute atomic E-state index is 12.2. The van der Waals surface area contributed by atoms with Crippen LogP contribution < -0.4 is 10.1 Å². The minimum atomic E-state index is -0.473. The summed E-state index contributed by atoms with van der Waals surface area (Å²) in [4.78, 5) is 24.2. The van der Waals surface area contributed by atoms with Gasteiger partial charge in [-0.1, -0.05) is 26.0 Å². The zero-order valence-corrected chi connectivity index (χ0v) is 15.0. The molecular weight excluding hydrogens is 326 g/mol. The highest BCUT2D eigenvalue weighted by molar-refractivity contribution is 7.15. The van der Waals surface area contributed by atoms with Crippen molar-refractivity contribution in [1.29, 1.82) is 0 Å². The molecular formula is C18H21NO4S. The summed E-state index contributed by atoms with van der Waals surface area (Å²) < 4.78 is 10.3. The van der Waals surface area contributed by atoms with Crippen LogP contribution in [0.5, 0.6) is 5.75 Å². The van der Waals surface area contributed by atoms with Crippen molar-refractivity contribution in [3.05, 3.63) is 35.2 Å². The predicted octanol–water partition coefficient (Wildman–Crippen LogP) is 4.19. The van der Waals surface area contributed by atoms with Crippen molar-refractivity contribution in [2.45, 2.75) is 20.8 Å². The number of nitrogens with one attached hydrogen (secondary N) is 1. The topological polar surface area (TPSA) is 64.6 Å². The summed E-state index contributed by atoms with van der Waals surface area (Å²) in [5, 5.41) is 5.15. The van der Waals surface area contributed by atoms with Gasteiger partial charge in [0, 0.05) is 16.9 Å². The zero-order valence-electron chi connectivity index (χ0n) is 14.2. The quantitative estimate of drug-likeness (QED) is 0.796. The molecule has 0 aliphatic rings. The van der Waals surface area contributed by atoms with E-state index in [4.69, 9.17) is 9.47 Å². The lowest BCUT2D eigenvalue weighted by atomic mass is 10.0. The summed E-state index contributed by atoms with van der Waals surface area (Å²) in [6.07, 6.45) is 0. The van der Waals surface area contributed by atoms with E-state index >= 15 is 0 Å². The number of esters is 1. The maximum Gasteiger partial charge on any atom is 0.341 e. The molecule has 0 atom stereocenters. The zero-order chi connectivity index (χ0) is 17.7. The third kappa shape index (κ3) is 3.94. The van der Waals surface area contributed by atoms with E-state index in [-0.39, 0.29) is 11.8 Å². The predicted molar refractivity (Wildman–Crippen MR) is 95.7 cm³/mol. The normalized spacial score (nSPS) is 10.5. The van der Waals surface area contributed by atoms with E-state index in [0.717, 1.165) is 16.9 Å². The molecule has 2 rings (SSSR count). The Morgan fingerprint density at radius 2 is 1.88 bits per heavy atom. The van der Waals surface area contributed by atoms with Crippen LogP contribution in [0.25, 0.3) is 11.1 Å². The first kappa shape index (κ1) is 18.0. The molecule has 6 heteroatoms. The molecule has 0 radical (unpaired) electrons. The Labute approximate surface area is 145 Å². The second-order valence-electron chi connectivity index (χ2n) is 5.45. The van der Waals surface area contributed by atoms with Crippen LogP contribution in [0.3, 0.4) is 0 Å². The average molecular weight is 347 g/mol. The van der Waals surface area contributed by atoms with Gasteiger partial charge in [-0.15, -0.1) is 11.3 Å². The number of methoxy groups -OCH3 is 1. The molecule has 0 aliphatic heterocycles. The van der Waals surface area contributed by atoms with Crippen molar-refractivity contribution in [2.75, 3.05) is 19.0 Å². The molecule has 0 saturated heterocycles. The van der Waals surface area contributed by atoms with E-state index in [9.17, 15) is 9.59 Å². The van der Waals surface area contributed by atoms with Gasteiger partial charge in [0.05, 0.1) is 13.7 Å². The standard InChI is InChI=1S/C18H21NO4S/c1-5-23-13-8-6-12(7-9-13)14-10-24-17(15(14)18(21)22-4)19-16(20)11(2)3/h6-11H,5H2,1-4H3,(H,19,20). The summed E-state index contributed by atoms with van der Waals surface area (Å²) in [6.45, 7) is 6.12. The lowest BCUT2D eigenvalue weighted by molar-refractivity contribution is -0.118. The number of carbonyl (C=O) groups excluding carboxylic acids is 2. The lowest BCUT2D eigenvalue weighted by Crippen LogP contribution is -2.18. The third-order valence-electron chi connectivity index (χ3n) is 3.42. The van der Waals surface area contributed by atoms with Crippen LogP contribution in [0.4, 0.5) is 5.00 Å². The Balaban J connectivity index is 2.40. The summed E-state index contributed by atoms with van der Waals surface area (Å²) >= 11 is 1.31. The minimum absolute atomic E-state index is 0.139. The maximum atomic E-state index is 12.2. The molecule has 1 aromatic carbocycles. The number of benzene rings is 1. The highest BCUT2D eigenvalue weighted by Gasteiger charge is 2.23. The van der Waals surface area contributed by atoms with Gasteiger partial charge in [-0.2, -0.15) is 0 Å². The number of amides is 1. The van der Waals surface area contributed by atoms with Crippen LogP contribution in [0, 0.1) is 5.92 Å². The second kappa shape index (κ2) is 7.97. The fourth-order valence-electron chi connectivity index (χ4n) is 2.12. The first-order valence-electron chi connectivity index (χ1n) is 7.71. The van der Waals surface area contributed by atoms with Gasteiger partial charge in [-0.05, 0) is 24.6 Å². The van der Waals surface area contributed by atoms with Gasteiger partial charge >= 0.3 is 5.97 Å². The Morgan fingerprint density at radius 1 is 1.21 bits per heavy atom. The molecule has 128 valence electrons. The van der Waals surface area contributed by atoms with Crippen LogP contribution in [0.15, 0.2) is 29.6 Å². The Hall–Kier alpha value is -2.34. The van der Waals surface area contributed by atoms with E-state index in [0.29, 0.717) is 17.2 Å². The van der Waals surface area contributed by atoms with Gasteiger partial charge in [0.2, 0.25) is 5.91 Å². The number of carbonyl (C=O) groups is 2. The summed E-state index contributed by atoms with van der Waals surface area (Å²) in [7, 11) is 1.33. The first-order valence-corrected chi connectivity index (χ1v) is 8.59. The van der Waals surface area contributed by atoms with Gasteiger partial charge < -0.3 is 14.8 Å². The highest BCUT2D eigenvalue weighted by atomic mass is 32.1. The van der Waals surface area contributed by atoms with Crippen molar-refractivity contribution in [3.8, 4) is 16.9 Å². The van der Waals surface area contributed by atoms with Crippen molar-refractivity contribution in [1.82, 2.24) is 0 Å². The third-order valence-corrected chi connectivity index (χ3v) is 4.31. The molecule has 1 aromatic heterocycles. The number of hydrogen-bond donors (Lipinski definition) is 1. The molecule has 0 fully saturated rings. The number of ether oxygens (including phenoxy) is 2.